The molecule has 0 aromatic carbocycles. The Hall–Kier alpha value is 0.270. The molecule has 1 fully saturated rings. The van der Waals surface area contributed by atoms with E-state index in [1.54, 1.807) is 0 Å². The van der Waals surface area contributed by atoms with Gasteiger partial charge in [0.1, 0.15) is 0 Å². The molecular formula is C16H33NOS. The number of hydrogen-bond donors (Lipinski definition) is 2. The molecule has 0 saturated heterocycles. The third kappa shape index (κ3) is 5.28. The van der Waals surface area contributed by atoms with E-state index in [0.717, 1.165) is 18.2 Å². The van der Waals surface area contributed by atoms with Gasteiger partial charge in [0.25, 0.3) is 0 Å². The Morgan fingerprint density at radius 3 is 2.58 bits per heavy atom. The van der Waals surface area contributed by atoms with Crippen LogP contribution in [0.3, 0.4) is 0 Å². The Morgan fingerprint density at radius 1 is 1.26 bits per heavy atom. The predicted octanol–water partition coefficient (Wildman–Crippen LogP) is 3.69. The van der Waals surface area contributed by atoms with Crippen molar-refractivity contribution in [3.63, 3.8) is 0 Å². The molecule has 2 N–H and O–H groups in total. The number of nitrogens with one attached hydrogen (secondary N) is 1. The molecule has 0 aromatic heterocycles. The van der Waals surface area contributed by atoms with Crippen LogP contribution in [0.5, 0.6) is 0 Å². The minimum Gasteiger partial charge on any atom is -0.396 e. The van der Waals surface area contributed by atoms with Crippen LogP contribution in [0.2, 0.25) is 0 Å². The molecule has 114 valence electrons. The Morgan fingerprint density at radius 2 is 2.00 bits per heavy atom. The third-order valence-corrected chi connectivity index (χ3v) is 6.26. The van der Waals surface area contributed by atoms with Gasteiger partial charge in [0.15, 0.2) is 0 Å². The third-order valence-electron chi connectivity index (χ3n) is 4.89. The van der Waals surface area contributed by atoms with Gasteiger partial charge in [0.2, 0.25) is 0 Å². The first-order chi connectivity index (χ1) is 9.05. The van der Waals surface area contributed by atoms with Crippen molar-refractivity contribution >= 4 is 11.8 Å². The highest BCUT2D eigenvalue weighted by molar-refractivity contribution is 7.99. The maximum absolute atomic E-state index is 9.09. The van der Waals surface area contributed by atoms with Crippen molar-refractivity contribution in [2.75, 3.05) is 18.9 Å². The summed E-state index contributed by atoms with van der Waals surface area (Å²) in [5.41, 5.74) is 0.466. The van der Waals surface area contributed by atoms with Gasteiger partial charge in [-0.3, -0.25) is 0 Å². The number of aliphatic hydroxyl groups is 1. The van der Waals surface area contributed by atoms with Gasteiger partial charge in [-0.25, -0.2) is 0 Å². The standard InChI is InChI=1S/C16H33NOS/c1-5-9-17-14-8-7-13(16(3,4)6-2)12-15(14)19-11-10-18/h13-15,17-18H,5-12H2,1-4H3. The average molecular weight is 288 g/mol. The van der Waals surface area contributed by atoms with Crippen molar-refractivity contribution < 1.29 is 5.11 Å². The normalized spacial score (nSPS) is 28.6. The number of hydrogen-bond acceptors (Lipinski definition) is 3. The summed E-state index contributed by atoms with van der Waals surface area (Å²) < 4.78 is 0. The van der Waals surface area contributed by atoms with Crippen LogP contribution in [0.15, 0.2) is 0 Å². The molecule has 3 heteroatoms. The Balaban J connectivity index is 2.59. The van der Waals surface area contributed by atoms with Crippen molar-refractivity contribution in [3.05, 3.63) is 0 Å². The van der Waals surface area contributed by atoms with Crippen LogP contribution in [0.4, 0.5) is 0 Å². The quantitative estimate of drug-likeness (QED) is 0.714. The molecule has 0 aromatic rings. The maximum atomic E-state index is 9.09. The number of thioether (sulfide) groups is 1. The first-order valence-electron chi connectivity index (χ1n) is 8.01. The number of aliphatic hydroxyl groups excluding tert-OH is 1. The molecule has 0 amide bonds. The van der Waals surface area contributed by atoms with E-state index in [2.05, 4.69) is 33.0 Å². The van der Waals surface area contributed by atoms with E-state index < -0.39 is 0 Å². The van der Waals surface area contributed by atoms with E-state index in [1.165, 1.54) is 32.1 Å². The molecule has 0 heterocycles. The van der Waals surface area contributed by atoms with Crippen LogP contribution < -0.4 is 5.32 Å². The molecule has 0 bridgehead atoms. The molecule has 1 saturated carbocycles. The fraction of sp³-hybridized carbons (Fsp3) is 1.00. The summed E-state index contributed by atoms with van der Waals surface area (Å²) in [6, 6.07) is 0.653. The predicted molar refractivity (Wildman–Crippen MR) is 86.8 cm³/mol. The highest BCUT2D eigenvalue weighted by Crippen LogP contribution is 2.43. The lowest BCUT2D eigenvalue weighted by Crippen LogP contribution is -2.45. The molecule has 3 unspecified atom stereocenters. The summed E-state index contributed by atoms with van der Waals surface area (Å²) in [6.07, 6.45) is 6.45. The zero-order chi connectivity index (χ0) is 14.3. The van der Waals surface area contributed by atoms with Crippen molar-refractivity contribution in [1.29, 1.82) is 0 Å². The van der Waals surface area contributed by atoms with E-state index in [0.29, 0.717) is 23.3 Å². The van der Waals surface area contributed by atoms with Gasteiger partial charge in [0.05, 0.1) is 6.61 Å². The lowest BCUT2D eigenvalue weighted by atomic mass is 9.68. The summed E-state index contributed by atoms with van der Waals surface area (Å²) in [5.74, 6) is 1.72. The van der Waals surface area contributed by atoms with E-state index in [1.807, 2.05) is 11.8 Å². The second kappa shape index (κ2) is 8.53. The van der Waals surface area contributed by atoms with Gasteiger partial charge < -0.3 is 10.4 Å². The molecular weight excluding hydrogens is 254 g/mol. The monoisotopic (exact) mass is 287 g/mol. The fourth-order valence-corrected chi connectivity index (χ4v) is 4.32. The summed E-state index contributed by atoms with van der Waals surface area (Å²) >= 11 is 1.97. The fourth-order valence-electron chi connectivity index (χ4n) is 3.08. The average Bonchev–Trinajstić information content (AvgIpc) is 2.43. The maximum Gasteiger partial charge on any atom is 0.0521 e. The molecule has 0 aliphatic heterocycles. The van der Waals surface area contributed by atoms with Crippen molar-refractivity contribution in [2.45, 2.75) is 71.1 Å². The van der Waals surface area contributed by atoms with Gasteiger partial charge in [-0.05, 0) is 43.6 Å². The minimum atomic E-state index is 0.309. The first kappa shape index (κ1) is 17.3. The summed E-state index contributed by atoms with van der Waals surface area (Å²) in [4.78, 5) is 0. The van der Waals surface area contributed by atoms with Gasteiger partial charge >= 0.3 is 0 Å². The lowest BCUT2D eigenvalue weighted by molar-refractivity contribution is 0.141. The Kier molecular flexibility index (Phi) is 7.78. The molecule has 2 nitrogen and oxygen atoms in total. The molecule has 19 heavy (non-hydrogen) atoms. The zero-order valence-corrected chi connectivity index (χ0v) is 14.1. The van der Waals surface area contributed by atoms with Crippen molar-refractivity contribution in [3.8, 4) is 0 Å². The van der Waals surface area contributed by atoms with Crippen LogP contribution >= 0.6 is 11.8 Å². The minimum absolute atomic E-state index is 0.309. The smallest absolute Gasteiger partial charge is 0.0521 e. The van der Waals surface area contributed by atoms with E-state index in [4.69, 9.17) is 5.11 Å². The summed E-state index contributed by atoms with van der Waals surface area (Å²) in [5, 5.41) is 13.5. The summed E-state index contributed by atoms with van der Waals surface area (Å²) in [6.45, 7) is 10.8. The Labute approximate surface area is 124 Å². The van der Waals surface area contributed by atoms with Crippen LogP contribution in [0.25, 0.3) is 0 Å². The molecule has 1 aliphatic carbocycles. The van der Waals surface area contributed by atoms with Gasteiger partial charge in [0, 0.05) is 17.0 Å². The van der Waals surface area contributed by atoms with E-state index in [9.17, 15) is 0 Å². The molecule has 1 rings (SSSR count). The molecule has 0 spiro atoms. The van der Waals surface area contributed by atoms with Crippen LogP contribution in [-0.2, 0) is 0 Å². The molecule has 3 atom stereocenters. The van der Waals surface area contributed by atoms with Gasteiger partial charge in [-0.2, -0.15) is 11.8 Å². The van der Waals surface area contributed by atoms with Crippen molar-refractivity contribution in [2.24, 2.45) is 11.3 Å². The Bertz CT molecular complexity index is 245. The SMILES string of the molecule is CCCNC1CCC(C(C)(C)CC)CC1SCCO. The zero-order valence-electron chi connectivity index (χ0n) is 13.2. The van der Waals surface area contributed by atoms with Crippen LogP contribution in [0, 0.1) is 11.3 Å². The van der Waals surface area contributed by atoms with Gasteiger partial charge in [-0.15, -0.1) is 0 Å². The number of rotatable bonds is 8. The molecule has 1 aliphatic rings. The second-order valence-electron chi connectivity index (χ2n) is 6.55. The first-order valence-corrected chi connectivity index (χ1v) is 9.05. The molecule has 0 radical (unpaired) electrons. The van der Waals surface area contributed by atoms with E-state index >= 15 is 0 Å². The highest BCUT2D eigenvalue weighted by Gasteiger charge is 2.36. The topological polar surface area (TPSA) is 32.3 Å². The van der Waals surface area contributed by atoms with E-state index in [-0.39, 0.29) is 0 Å². The second-order valence-corrected chi connectivity index (χ2v) is 7.89. The summed E-state index contributed by atoms with van der Waals surface area (Å²) in [7, 11) is 0. The van der Waals surface area contributed by atoms with Crippen LogP contribution in [0.1, 0.15) is 59.8 Å². The van der Waals surface area contributed by atoms with Crippen LogP contribution in [-0.4, -0.2) is 35.3 Å². The largest absolute Gasteiger partial charge is 0.396 e. The highest BCUT2D eigenvalue weighted by atomic mass is 32.2. The van der Waals surface area contributed by atoms with Gasteiger partial charge in [-0.1, -0.05) is 34.1 Å². The van der Waals surface area contributed by atoms with Crippen molar-refractivity contribution in [1.82, 2.24) is 5.32 Å². The lowest BCUT2D eigenvalue weighted by Gasteiger charge is -2.43.